The van der Waals surface area contributed by atoms with Gasteiger partial charge in [-0.15, -0.1) is 0 Å². The van der Waals surface area contributed by atoms with E-state index in [-0.39, 0.29) is 31.8 Å². The molecule has 0 saturated heterocycles. The second-order valence-corrected chi connectivity index (χ2v) is 7.45. The fourth-order valence-electron chi connectivity index (χ4n) is 2.84. The van der Waals surface area contributed by atoms with Gasteiger partial charge in [-0.25, -0.2) is 0 Å². The number of aliphatic hydroxyl groups is 3. The molecule has 2 rings (SSSR count). The summed E-state index contributed by atoms with van der Waals surface area (Å²) in [6, 6.07) is 15.6. The molecule has 0 aromatic heterocycles. The van der Waals surface area contributed by atoms with Crippen LogP contribution in [-0.4, -0.2) is 60.6 Å². The number of aliphatic hydroxyl groups excluding tert-OH is 3. The molecular weight excluding hydrogens is 396 g/mol. The Morgan fingerprint density at radius 3 is 1.55 bits per heavy atom. The standard InChI is InChI=1S/C23H32O6.C2H6/c1-4-27-14-20(26)16-29-22-11-7-18(8-12-22)23(2,3)17-5-9-21(10-6-17)28-15-19(25)13-24;1-2/h5-12,19-20,24-26H,4,13-16H2,1-3H3;1-2H3. The fourth-order valence-corrected chi connectivity index (χ4v) is 2.84. The highest BCUT2D eigenvalue weighted by Gasteiger charge is 2.23. The molecule has 2 aromatic rings. The second kappa shape index (κ2) is 14.0. The van der Waals surface area contributed by atoms with E-state index in [4.69, 9.17) is 19.3 Å². The van der Waals surface area contributed by atoms with Gasteiger partial charge in [0.2, 0.25) is 0 Å². The van der Waals surface area contributed by atoms with Crippen LogP contribution in [0.5, 0.6) is 11.5 Å². The molecule has 3 N–H and O–H groups in total. The van der Waals surface area contributed by atoms with Gasteiger partial charge in [-0.05, 0) is 42.3 Å². The maximum absolute atomic E-state index is 9.79. The Kier molecular flexibility index (Phi) is 12.2. The van der Waals surface area contributed by atoms with Gasteiger partial charge in [0.25, 0.3) is 0 Å². The summed E-state index contributed by atoms with van der Waals surface area (Å²) in [5.41, 5.74) is 2.02. The highest BCUT2D eigenvalue weighted by atomic mass is 16.5. The molecule has 0 amide bonds. The SMILES string of the molecule is CC.CCOCC(O)COc1ccc(C(C)(C)c2ccc(OCC(O)CO)cc2)cc1. The minimum atomic E-state index is -0.882. The van der Waals surface area contributed by atoms with Crippen LogP contribution in [0.25, 0.3) is 0 Å². The molecule has 2 atom stereocenters. The molecule has 31 heavy (non-hydrogen) atoms. The first-order chi connectivity index (χ1) is 14.9. The smallest absolute Gasteiger partial charge is 0.119 e. The second-order valence-electron chi connectivity index (χ2n) is 7.45. The summed E-state index contributed by atoms with van der Waals surface area (Å²) in [4.78, 5) is 0. The lowest BCUT2D eigenvalue weighted by Gasteiger charge is -2.26. The van der Waals surface area contributed by atoms with E-state index in [9.17, 15) is 10.2 Å². The summed E-state index contributed by atoms with van der Waals surface area (Å²) in [6.45, 7) is 10.9. The minimum absolute atomic E-state index is 0.0555. The summed E-state index contributed by atoms with van der Waals surface area (Å²) in [5, 5.41) is 28.0. The molecule has 0 spiro atoms. The van der Waals surface area contributed by atoms with Gasteiger partial charge in [-0.2, -0.15) is 0 Å². The van der Waals surface area contributed by atoms with Gasteiger partial charge in [0.15, 0.2) is 0 Å². The zero-order valence-corrected chi connectivity index (χ0v) is 19.4. The third kappa shape index (κ3) is 8.87. The molecule has 0 aliphatic rings. The predicted molar refractivity (Wildman–Crippen MR) is 123 cm³/mol. The number of benzene rings is 2. The van der Waals surface area contributed by atoms with Crippen LogP contribution in [0.4, 0.5) is 0 Å². The zero-order valence-electron chi connectivity index (χ0n) is 19.4. The van der Waals surface area contributed by atoms with E-state index in [0.717, 1.165) is 11.1 Å². The van der Waals surface area contributed by atoms with Crippen molar-refractivity contribution in [2.75, 3.05) is 33.0 Å². The molecule has 2 unspecified atom stereocenters. The van der Waals surface area contributed by atoms with Gasteiger partial charge in [-0.1, -0.05) is 52.0 Å². The van der Waals surface area contributed by atoms with Crippen LogP contribution >= 0.6 is 0 Å². The highest BCUT2D eigenvalue weighted by Crippen LogP contribution is 2.33. The molecule has 0 aliphatic carbocycles. The molecule has 0 heterocycles. The Bertz CT molecular complexity index is 712. The molecule has 0 radical (unpaired) electrons. The van der Waals surface area contributed by atoms with E-state index in [1.54, 1.807) is 0 Å². The average molecular weight is 435 g/mol. The predicted octanol–water partition coefficient (Wildman–Crippen LogP) is 3.55. The molecule has 174 valence electrons. The van der Waals surface area contributed by atoms with E-state index in [0.29, 0.717) is 18.1 Å². The summed E-state index contributed by atoms with van der Waals surface area (Å²) < 4.78 is 16.3. The van der Waals surface area contributed by atoms with Crippen molar-refractivity contribution in [3.63, 3.8) is 0 Å². The highest BCUT2D eigenvalue weighted by molar-refractivity contribution is 5.41. The topological polar surface area (TPSA) is 88.4 Å². The monoisotopic (exact) mass is 434 g/mol. The molecule has 2 aromatic carbocycles. The van der Waals surface area contributed by atoms with Crippen molar-refractivity contribution in [2.24, 2.45) is 0 Å². The van der Waals surface area contributed by atoms with E-state index >= 15 is 0 Å². The van der Waals surface area contributed by atoms with Gasteiger partial charge >= 0.3 is 0 Å². The molecule has 0 bridgehead atoms. The minimum Gasteiger partial charge on any atom is -0.491 e. The first kappa shape index (κ1) is 26.9. The van der Waals surface area contributed by atoms with Crippen LogP contribution in [0, 0.1) is 0 Å². The van der Waals surface area contributed by atoms with Crippen molar-refractivity contribution in [1.29, 1.82) is 0 Å². The van der Waals surface area contributed by atoms with E-state index < -0.39 is 12.2 Å². The Morgan fingerprint density at radius 2 is 1.16 bits per heavy atom. The molecule has 0 fully saturated rings. The van der Waals surface area contributed by atoms with E-state index in [1.807, 2.05) is 69.3 Å². The first-order valence-corrected chi connectivity index (χ1v) is 10.9. The molecule has 6 heteroatoms. The Morgan fingerprint density at radius 1 is 0.742 bits per heavy atom. The van der Waals surface area contributed by atoms with Gasteiger partial charge in [0.05, 0.1) is 13.2 Å². The van der Waals surface area contributed by atoms with Crippen molar-refractivity contribution < 1.29 is 29.5 Å². The summed E-state index contributed by atoms with van der Waals surface area (Å²) in [5.74, 6) is 1.35. The van der Waals surface area contributed by atoms with Crippen LogP contribution in [0.15, 0.2) is 48.5 Å². The molecule has 0 aliphatic heterocycles. The van der Waals surface area contributed by atoms with Gasteiger partial charge in [0.1, 0.15) is 36.9 Å². The van der Waals surface area contributed by atoms with Gasteiger partial charge in [0, 0.05) is 12.0 Å². The van der Waals surface area contributed by atoms with Gasteiger partial charge < -0.3 is 29.5 Å². The third-order valence-electron chi connectivity index (χ3n) is 4.76. The maximum Gasteiger partial charge on any atom is 0.119 e. The molecule has 6 nitrogen and oxygen atoms in total. The fraction of sp³-hybridized carbons (Fsp3) is 0.520. The normalized spacial score (nSPS) is 13.0. The van der Waals surface area contributed by atoms with Crippen molar-refractivity contribution in [1.82, 2.24) is 0 Å². The van der Waals surface area contributed by atoms with Gasteiger partial charge in [-0.3, -0.25) is 0 Å². The quantitative estimate of drug-likeness (QED) is 0.474. The van der Waals surface area contributed by atoms with Crippen molar-refractivity contribution >= 4 is 0 Å². The van der Waals surface area contributed by atoms with E-state index in [1.165, 1.54) is 0 Å². The largest absolute Gasteiger partial charge is 0.491 e. The lowest BCUT2D eigenvalue weighted by atomic mass is 9.78. The van der Waals surface area contributed by atoms with Crippen molar-refractivity contribution in [3.8, 4) is 11.5 Å². The maximum atomic E-state index is 9.79. The summed E-state index contributed by atoms with van der Waals surface area (Å²) in [6.07, 6.45) is -1.53. The van der Waals surface area contributed by atoms with E-state index in [2.05, 4.69) is 13.8 Å². The van der Waals surface area contributed by atoms with Crippen molar-refractivity contribution in [3.05, 3.63) is 59.7 Å². The average Bonchev–Trinajstić information content (AvgIpc) is 2.81. The van der Waals surface area contributed by atoms with Crippen LogP contribution in [0.1, 0.15) is 45.7 Å². The molecule has 0 saturated carbocycles. The van der Waals surface area contributed by atoms with Crippen molar-refractivity contribution in [2.45, 2.75) is 52.2 Å². The Balaban J connectivity index is 0.00000233. The van der Waals surface area contributed by atoms with Crippen LogP contribution in [0.2, 0.25) is 0 Å². The Labute approximate surface area is 186 Å². The first-order valence-electron chi connectivity index (χ1n) is 10.9. The van der Waals surface area contributed by atoms with Crippen LogP contribution in [0.3, 0.4) is 0 Å². The van der Waals surface area contributed by atoms with Crippen LogP contribution in [-0.2, 0) is 10.2 Å². The molecular formula is C25H38O6. The number of rotatable bonds is 12. The number of hydrogen-bond acceptors (Lipinski definition) is 6. The summed E-state index contributed by atoms with van der Waals surface area (Å²) in [7, 11) is 0. The lowest BCUT2D eigenvalue weighted by molar-refractivity contribution is 0.0164. The lowest BCUT2D eigenvalue weighted by Crippen LogP contribution is -2.23. The summed E-state index contributed by atoms with van der Waals surface area (Å²) >= 11 is 0. The zero-order chi connectivity index (χ0) is 23.3. The van der Waals surface area contributed by atoms with Crippen LogP contribution < -0.4 is 9.47 Å². The number of ether oxygens (including phenoxy) is 3. The number of hydrogen-bond donors (Lipinski definition) is 3. The Hall–Kier alpha value is -2.12. The third-order valence-corrected chi connectivity index (χ3v) is 4.76.